The third kappa shape index (κ3) is 3.86. The van der Waals surface area contributed by atoms with Crippen LogP contribution in [0.2, 0.25) is 0 Å². The number of amides is 2. The largest absolute Gasteiger partial charge is 0.347 e. The lowest BCUT2D eigenvalue weighted by molar-refractivity contribution is 0.0949. The van der Waals surface area contributed by atoms with Crippen molar-refractivity contribution in [1.29, 1.82) is 0 Å². The highest BCUT2D eigenvalue weighted by atomic mass is 32.3. The molecule has 1 aliphatic heterocycles. The van der Waals surface area contributed by atoms with Crippen molar-refractivity contribution in [3.05, 3.63) is 88.6 Å². The first-order valence-corrected chi connectivity index (χ1v) is 12.7. The Hall–Kier alpha value is -3.57. The number of pyridine rings is 1. The van der Waals surface area contributed by atoms with E-state index < -0.39 is 16.5 Å². The summed E-state index contributed by atoms with van der Waals surface area (Å²) in [5.41, 5.74) is 1.98. The predicted molar refractivity (Wildman–Crippen MR) is 131 cm³/mol. The van der Waals surface area contributed by atoms with Crippen molar-refractivity contribution in [2.75, 3.05) is 5.32 Å². The van der Waals surface area contributed by atoms with Crippen molar-refractivity contribution in [1.82, 2.24) is 15.3 Å². The van der Waals surface area contributed by atoms with Crippen LogP contribution in [0.25, 0.3) is 10.7 Å². The molecule has 0 unspecified atom stereocenters. The summed E-state index contributed by atoms with van der Waals surface area (Å²) in [5, 5.41) is 6.40. The van der Waals surface area contributed by atoms with E-state index in [1.807, 2.05) is 18.2 Å². The Morgan fingerprint density at radius 2 is 1.85 bits per heavy atom. The number of nitrogens with one attached hydrogen (secondary N) is 2. The van der Waals surface area contributed by atoms with E-state index in [1.54, 1.807) is 43.6 Å². The lowest BCUT2D eigenvalue weighted by Gasteiger charge is -2.33. The molecule has 0 saturated heterocycles. The molecule has 0 atom stereocenters. The highest BCUT2D eigenvalue weighted by Gasteiger charge is 2.33. The Morgan fingerprint density at radius 1 is 1.06 bits per heavy atom. The number of thiazole rings is 1. The third-order valence-electron chi connectivity index (χ3n) is 5.52. The highest BCUT2D eigenvalue weighted by Crippen LogP contribution is 2.61. The van der Waals surface area contributed by atoms with E-state index in [0.717, 1.165) is 15.6 Å². The second kappa shape index (κ2) is 8.65. The van der Waals surface area contributed by atoms with Gasteiger partial charge in [0.25, 0.3) is 11.8 Å². The molecule has 0 fully saturated rings. The van der Waals surface area contributed by atoms with Gasteiger partial charge in [0, 0.05) is 22.8 Å². The summed E-state index contributed by atoms with van der Waals surface area (Å²) in [4.78, 5) is 35.6. The van der Waals surface area contributed by atoms with Gasteiger partial charge in [-0.25, -0.2) is 4.98 Å². The van der Waals surface area contributed by atoms with Crippen LogP contribution in [0, 0.1) is 6.92 Å². The van der Waals surface area contributed by atoms with Crippen LogP contribution in [-0.4, -0.2) is 30.9 Å². The SMILES string of the molecule is Cc1c(C(=O)NCc2cnc(-c3ccccn3)s2)ccc2c1NC(=O)c1ccccc1S2(O)O. The molecule has 2 amide bonds. The van der Waals surface area contributed by atoms with Crippen LogP contribution in [0.4, 0.5) is 5.69 Å². The average molecular weight is 493 g/mol. The summed E-state index contributed by atoms with van der Waals surface area (Å²) in [6.45, 7) is 1.94. The van der Waals surface area contributed by atoms with Crippen LogP contribution in [-0.2, 0) is 6.54 Å². The van der Waals surface area contributed by atoms with Crippen LogP contribution in [0.1, 0.15) is 31.2 Å². The van der Waals surface area contributed by atoms with Gasteiger partial charge in [-0.05, 0) is 48.9 Å². The summed E-state index contributed by atoms with van der Waals surface area (Å²) < 4.78 is 22.0. The number of hydrogen-bond acceptors (Lipinski definition) is 7. The monoisotopic (exact) mass is 492 g/mol. The van der Waals surface area contributed by atoms with Crippen molar-refractivity contribution in [2.45, 2.75) is 23.3 Å². The normalized spacial score (nSPS) is 14.9. The fourth-order valence-corrected chi connectivity index (χ4v) is 6.33. The number of nitrogens with zero attached hydrogens (tertiary/aromatic N) is 2. The lowest BCUT2D eigenvalue weighted by Crippen LogP contribution is -2.24. The van der Waals surface area contributed by atoms with Gasteiger partial charge < -0.3 is 10.6 Å². The van der Waals surface area contributed by atoms with E-state index in [-0.39, 0.29) is 33.5 Å². The smallest absolute Gasteiger partial charge is 0.257 e. The van der Waals surface area contributed by atoms with Gasteiger partial charge in [-0.2, -0.15) is 0 Å². The van der Waals surface area contributed by atoms with Gasteiger partial charge in [-0.1, -0.05) is 18.2 Å². The fourth-order valence-electron chi connectivity index (χ4n) is 3.79. The van der Waals surface area contributed by atoms with E-state index in [0.29, 0.717) is 11.1 Å². The fraction of sp³-hybridized carbons (Fsp3) is 0.0833. The molecule has 0 spiro atoms. The first kappa shape index (κ1) is 22.2. The first-order chi connectivity index (χ1) is 16.4. The summed E-state index contributed by atoms with van der Waals surface area (Å²) in [7, 11) is -3.44. The molecule has 2 aromatic carbocycles. The second-order valence-corrected chi connectivity index (χ2v) is 10.7. The predicted octanol–water partition coefficient (Wildman–Crippen LogP) is 5.18. The molecule has 34 heavy (non-hydrogen) atoms. The molecule has 0 aliphatic carbocycles. The number of anilines is 1. The topological polar surface area (TPSA) is 124 Å². The zero-order chi connectivity index (χ0) is 23.9. The molecular formula is C24H20N4O4S2. The summed E-state index contributed by atoms with van der Waals surface area (Å²) >= 11 is 1.44. The molecule has 2 aromatic heterocycles. The van der Waals surface area contributed by atoms with Crippen molar-refractivity contribution in [3.8, 4) is 10.7 Å². The molecule has 4 N–H and O–H groups in total. The van der Waals surface area contributed by atoms with Gasteiger partial charge in [0.15, 0.2) is 0 Å². The maximum absolute atomic E-state index is 13.0. The number of fused-ring (bicyclic) bond motifs is 2. The molecule has 4 aromatic rings. The molecule has 172 valence electrons. The van der Waals surface area contributed by atoms with Crippen LogP contribution in [0.5, 0.6) is 0 Å². The van der Waals surface area contributed by atoms with E-state index in [9.17, 15) is 18.7 Å². The number of carbonyl (C=O) groups is 2. The molecule has 0 saturated carbocycles. The van der Waals surface area contributed by atoms with Gasteiger partial charge in [0.05, 0.1) is 33.3 Å². The standard InChI is InChI=1S/C24H20N4O4S2/c1-14-16(22(29)26-12-15-13-27-24(33-15)18-7-4-5-11-25-18)9-10-20-21(14)28-23(30)17-6-2-3-8-19(17)34(20,31)32/h2-11,13,31-32H,12H2,1H3,(H,26,29)(H,28,30). The molecule has 1 aliphatic rings. The molecule has 0 bridgehead atoms. The van der Waals surface area contributed by atoms with Crippen LogP contribution < -0.4 is 10.6 Å². The second-order valence-electron chi connectivity index (χ2n) is 7.64. The van der Waals surface area contributed by atoms with Crippen molar-refractivity contribution < 1.29 is 18.7 Å². The zero-order valence-corrected chi connectivity index (χ0v) is 19.6. The molecule has 5 rings (SSSR count). The molecule has 0 radical (unpaired) electrons. The Labute approximate surface area is 201 Å². The van der Waals surface area contributed by atoms with Crippen molar-refractivity contribution >= 4 is 39.4 Å². The van der Waals surface area contributed by atoms with Crippen LogP contribution in [0.3, 0.4) is 0 Å². The van der Waals surface area contributed by atoms with Crippen molar-refractivity contribution in [3.63, 3.8) is 0 Å². The Morgan fingerprint density at radius 3 is 2.65 bits per heavy atom. The Bertz CT molecular complexity index is 1420. The molecular weight excluding hydrogens is 472 g/mol. The minimum Gasteiger partial charge on any atom is -0.347 e. The summed E-state index contributed by atoms with van der Waals surface area (Å²) in [6.07, 6.45) is 3.40. The van der Waals surface area contributed by atoms with Gasteiger partial charge in [-0.3, -0.25) is 23.7 Å². The zero-order valence-electron chi connectivity index (χ0n) is 18.0. The van der Waals surface area contributed by atoms with Gasteiger partial charge in [0.1, 0.15) is 5.01 Å². The third-order valence-corrected chi connectivity index (χ3v) is 8.46. The lowest BCUT2D eigenvalue weighted by atomic mass is 10.1. The Balaban J connectivity index is 1.40. The van der Waals surface area contributed by atoms with E-state index >= 15 is 0 Å². The minimum atomic E-state index is -3.44. The Kier molecular flexibility index (Phi) is 5.66. The van der Waals surface area contributed by atoms with E-state index in [4.69, 9.17) is 0 Å². The maximum atomic E-state index is 13.0. The van der Waals surface area contributed by atoms with E-state index in [2.05, 4.69) is 20.6 Å². The van der Waals surface area contributed by atoms with Gasteiger partial charge in [0.2, 0.25) is 0 Å². The highest BCUT2D eigenvalue weighted by molar-refractivity contribution is 8.24. The summed E-state index contributed by atoms with van der Waals surface area (Å²) in [6, 6.07) is 15.0. The van der Waals surface area contributed by atoms with Gasteiger partial charge >= 0.3 is 0 Å². The molecule has 10 heteroatoms. The number of hydrogen-bond donors (Lipinski definition) is 4. The van der Waals surface area contributed by atoms with Crippen LogP contribution >= 0.6 is 21.9 Å². The summed E-state index contributed by atoms with van der Waals surface area (Å²) in [5.74, 6) is -0.803. The molecule has 8 nitrogen and oxygen atoms in total. The number of aromatic nitrogens is 2. The number of carbonyl (C=O) groups excluding carboxylic acids is 2. The minimum absolute atomic E-state index is 0.164. The van der Waals surface area contributed by atoms with Crippen LogP contribution in [0.15, 0.2) is 76.8 Å². The quantitative estimate of drug-likeness (QED) is 0.311. The van der Waals surface area contributed by atoms with E-state index in [1.165, 1.54) is 23.5 Å². The average Bonchev–Trinajstić information content (AvgIpc) is 3.30. The first-order valence-electron chi connectivity index (χ1n) is 10.3. The molecule has 3 heterocycles. The number of benzene rings is 2. The number of rotatable bonds is 4. The maximum Gasteiger partial charge on any atom is 0.257 e. The van der Waals surface area contributed by atoms with Gasteiger partial charge in [-0.15, -0.1) is 21.9 Å². The van der Waals surface area contributed by atoms with Crippen molar-refractivity contribution in [2.24, 2.45) is 0 Å².